The molecule has 0 bridgehead atoms. The summed E-state index contributed by atoms with van der Waals surface area (Å²) in [6, 6.07) is 10.2. The first kappa shape index (κ1) is 17.2. The van der Waals surface area contributed by atoms with Crippen LogP contribution in [0.2, 0.25) is 0 Å². The maximum atomic E-state index is 12.5. The van der Waals surface area contributed by atoms with Crippen LogP contribution >= 0.6 is 0 Å². The number of likely N-dealkylation sites (tertiary alicyclic amines) is 1. The molecule has 3 amide bonds. The summed E-state index contributed by atoms with van der Waals surface area (Å²) in [5.74, 6) is -0.331. The molecule has 9 heteroatoms. The summed E-state index contributed by atoms with van der Waals surface area (Å²) in [4.78, 5) is 48.3. The maximum Gasteiger partial charge on any atom is 0.262 e. The lowest BCUT2D eigenvalue weighted by Crippen LogP contribution is -2.52. The molecule has 3 aromatic rings. The zero-order valence-electron chi connectivity index (χ0n) is 15.2. The van der Waals surface area contributed by atoms with Crippen molar-refractivity contribution in [3.8, 4) is 11.4 Å². The first-order valence-electron chi connectivity index (χ1n) is 9.09. The standard InChI is InChI=1S/C20H15N5O4/c26-16(11-25-19(27)14-5-1-2-6-15(14)20(25)28)24-9-13(10-24)18-22-17(23-29-18)12-4-3-7-21-8-12/h1-8,13H,9-11H2. The normalized spacial score (nSPS) is 16.1. The van der Waals surface area contributed by atoms with Crippen LogP contribution in [0.1, 0.15) is 32.5 Å². The average molecular weight is 389 g/mol. The van der Waals surface area contributed by atoms with Gasteiger partial charge in [0, 0.05) is 31.0 Å². The maximum absolute atomic E-state index is 12.5. The first-order chi connectivity index (χ1) is 14.1. The molecule has 0 saturated carbocycles. The van der Waals surface area contributed by atoms with Crippen LogP contribution in [0, 0.1) is 0 Å². The molecule has 4 heterocycles. The number of amides is 3. The minimum atomic E-state index is -0.436. The van der Waals surface area contributed by atoms with E-state index in [1.54, 1.807) is 47.6 Å². The molecule has 1 saturated heterocycles. The van der Waals surface area contributed by atoms with Crippen LogP contribution in [0.4, 0.5) is 0 Å². The summed E-state index contributed by atoms with van der Waals surface area (Å²) in [5.41, 5.74) is 1.42. The Bertz CT molecular complexity index is 1090. The second-order valence-corrected chi connectivity index (χ2v) is 6.94. The fraction of sp³-hybridized carbons (Fsp3) is 0.200. The Balaban J connectivity index is 1.21. The van der Waals surface area contributed by atoms with Gasteiger partial charge in [0.15, 0.2) is 0 Å². The number of nitrogens with zero attached hydrogens (tertiary/aromatic N) is 5. The Labute approximate surface area is 164 Å². The smallest absolute Gasteiger partial charge is 0.262 e. The van der Waals surface area contributed by atoms with Crippen molar-refractivity contribution in [2.75, 3.05) is 19.6 Å². The second-order valence-electron chi connectivity index (χ2n) is 6.94. The number of aromatic nitrogens is 3. The molecule has 0 atom stereocenters. The summed E-state index contributed by atoms with van der Waals surface area (Å²) in [6.07, 6.45) is 3.31. The average Bonchev–Trinajstić information content (AvgIpc) is 3.28. The predicted molar refractivity (Wildman–Crippen MR) is 98.7 cm³/mol. The van der Waals surface area contributed by atoms with E-state index in [0.717, 1.165) is 10.5 Å². The summed E-state index contributed by atoms with van der Waals surface area (Å²) in [6.45, 7) is 0.525. The molecule has 2 aliphatic rings. The summed E-state index contributed by atoms with van der Waals surface area (Å²) < 4.78 is 5.32. The molecule has 2 aromatic heterocycles. The number of imide groups is 1. The minimum absolute atomic E-state index is 0.0703. The zero-order valence-corrected chi connectivity index (χ0v) is 15.2. The first-order valence-corrected chi connectivity index (χ1v) is 9.09. The Morgan fingerprint density at radius 3 is 2.45 bits per heavy atom. The van der Waals surface area contributed by atoms with E-state index in [1.807, 2.05) is 6.07 Å². The molecule has 2 aliphatic heterocycles. The van der Waals surface area contributed by atoms with E-state index in [9.17, 15) is 14.4 Å². The van der Waals surface area contributed by atoms with Gasteiger partial charge in [0.05, 0.1) is 17.0 Å². The zero-order chi connectivity index (χ0) is 20.0. The van der Waals surface area contributed by atoms with Crippen LogP contribution in [0.5, 0.6) is 0 Å². The van der Waals surface area contributed by atoms with Gasteiger partial charge in [0.2, 0.25) is 17.6 Å². The molecule has 9 nitrogen and oxygen atoms in total. The van der Waals surface area contributed by atoms with Gasteiger partial charge in [0.25, 0.3) is 11.8 Å². The third kappa shape index (κ3) is 2.87. The number of carbonyl (C=O) groups is 3. The van der Waals surface area contributed by atoms with E-state index in [1.165, 1.54) is 0 Å². The number of hydrogen-bond acceptors (Lipinski definition) is 7. The minimum Gasteiger partial charge on any atom is -0.339 e. The summed E-state index contributed by atoms with van der Waals surface area (Å²) in [5, 5.41) is 3.96. The third-order valence-corrected chi connectivity index (χ3v) is 5.12. The van der Waals surface area contributed by atoms with Gasteiger partial charge in [-0.3, -0.25) is 24.3 Å². The van der Waals surface area contributed by atoms with Crippen LogP contribution in [-0.4, -0.2) is 62.3 Å². The van der Waals surface area contributed by atoms with Gasteiger partial charge in [-0.1, -0.05) is 17.3 Å². The molecule has 5 rings (SSSR count). The Morgan fingerprint density at radius 2 is 1.79 bits per heavy atom. The fourth-order valence-corrected chi connectivity index (χ4v) is 3.47. The molecule has 1 fully saturated rings. The lowest BCUT2D eigenvalue weighted by Gasteiger charge is -2.37. The van der Waals surface area contributed by atoms with Crippen molar-refractivity contribution < 1.29 is 18.9 Å². The number of hydrogen-bond donors (Lipinski definition) is 0. The van der Waals surface area contributed by atoms with Crippen molar-refractivity contribution in [1.82, 2.24) is 24.9 Å². The van der Waals surface area contributed by atoms with Gasteiger partial charge >= 0.3 is 0 Å². The molecule has 0 radical (unpaired) electrons. The van der Waals surface area contributed by atoms with Crippen LogP contribution in [0.3, 0.4) is 0 Å². The van der Waals surface area contributed by atoms with Gasteiger partial charge in [-0.25, -0.2) is 0 Å². The van der Waals surface area contributed by atoms with Crippen molar-refractivity contribution >= 4 is 17.7 Å². The molecular weight excluding hydrogens is 374 g/mol. The van der Waals surface area contributed by atoms with E-state index < -0.39 is 11.8 Å². The highest BCUT2D eigenvalue weighted by atomic mass is 16.5. The van der Waals surface area contributed by atoms with Gasteiger partial charge in [-0.15, -0.1) is 0 Å². The number of pyridine rings is 1. The molecule has 0 unspecified atom stereocenters. The van der Waals surface area contributed by atoms with E-state index >= 15 is 0 Å². The van der Waals surface area contributed by atoms with Crippen molar-refractivity contribution in [3.05, 3.63) is 65.8 Å². The Hall–Kier alpha value is -3.88. The van der Waals surface area contributed by atoms with Crippen molar-refractivity contribution in [2.45, 2.75) is 5.92 Å². The van der Waals surface area contributed by atoms with Crippen LogP contribution in [0.15, 0.2) is 53.3 Å². The highest BCUT2D eigenvalue weighted by Crippen LogP contribution is 2.28. The molecule has 0 aliphatic carbocycles. The van der Waals surface area contributed by atoms with Crippen molar-refractivity contribution in [2.24, 2.45) is 0 Å². The molecular formula is C20H15N5O4. The highest BCUT2D eigenvalue weighted by Gasteiger charge is 2.40. The number of fused-ring (bicyclic) bond motifs is 1. The second kappa shape index (κ2) is 6.62. The number of carbonyl (C=O) groups excluding carboxylic acids is 3. The van der Waals surface area contributed by atoms with Gasteiger partial charge < -0.3 is 9.42 Å². The van der Waals surface area contributed by atoms with E-state index in [2.05, 4.69) is 15.1 Å². The molecule has 29 heavy (non-hydrogen) atoms. The van der Waals surface area contributed by atoms with E-state index in [0.29, 0.717) is 35.9 Å². The van der Waals surface area contributed by atoms with Crippen molar-refractivity contribution in [1.29, 1.82) is 0 Å². The number of benzene rings is 1. The monoisotopic (exact) mass is 389 g/mol. The molecule has 1 aromatic carbocycles. The van der Waals surface area contributed by atoms with Crippen LogP contribution < -0.4 is 0 Å². The van der Waals surface area contributed by atoms with Crippen LogP contribution in [-0.2, 0) is 4.79 Å². The quantitative estimate of drug-likeness (QED) is 0.620. The van der Waals surface area contributed by atoms with Crippen LogP contribution in [0.25, 0.3) is 11.4 Å². The largest absolute Gasteiger partial charge is 0.339 e. The summed E-state index contributed by atoms with van der Waals surface area (Å²) in [7, 11) is 0. The number of rotatable bonds is 4. The lowest BCUT2D eigenvalue weighted by atomic mass is 10.00. The molecule has 0 spiro atoms. The lowest BCUT2D eigenvalue weighted by molar-refractivity contribution is -0.136. The third-order valence-electron chi connectivity index (χ3n) is 5.12. The summed E-state index contributed by atoms with van der Waals surface area (Å²) >= 11 is 0. The van der Waals surface area contributed by atoms with Gasteiger partial charge in [-0.2, -0.15) is 4.98 Å². The Kier molecular flexibility index (Phi) is 3.94. The van der Waals surface area contributed by atoms with E-state index in [-0.39, 0.29) is 18.4 Å². The van der Waals surface area contributed by atoms with Gasteiger partial charge in [-0.05, 0) is 24.3 Å². The Morgan fingerprint density at radius 1 is 1.07 bits per heavy atom. The molecule has 0 N–H and O–H groups in total. The fourth-order valence-electron chi connectivity index (χ4n) is 3.47. The van der Waals surface area contributed by atoms with Crippen molar-refractivity contribution in [3.63, 3.8) is 0 Å². The van der Waals surface area contributed by atoms with Gasteiger partial charge in [0.1, 0.15) is 6.54 Å². The molecule has 144 valence electrons. The highest BCUT2D eigenvalue weighted by molar-refractivity contribution is 6.22. The van der Waals surface area contributed by atoms with E-state index in [4.69, 9.17) is 4.52 Å². The topological polar surface area (TPSA) is 110 Å². The predicted octanol–water partition coefficient (Wildman–Crippen LogP) is 1.35. The SMILES string of the molecule is O=C(CN1C(=O)c2ccccc2C1=O)N1CC(c2nc(-c3cccnc3)no2)C1.